The molecule has 1 aliphatic rings. The quantitative estimate of drug-likeness (QED) is 0.712. The van der Waals surface area contributed by atoms with E-state index >= 15 is 0 Å². The average Bonchev–Trinajstić information content (AvgIpc) is 2.69. The van der Waals surface area contributed by atoms with Gasteiger partial charge in [-0.1, -0.05) is 36.4 Å². The highest BCUT2D eigenvalue weighted by molar-refractivity contribution is 5.96. The summed E-state index contributed by atoms with van der Waals surface area (Å²) in [6.45, 7) is 5.23. The van der Waals surface area contributed by atoms with Crippen molar-refractivity contribution in [1.29, 1.82) is 0 Å². The number of hydrogen-bond acceptors (Lipinski definition) is 3. The molecule has 0 radical (unpaired) electrons. The first-order valence-corrected chi connectivity index (χ1v) is 9.23. The van der Waals surface area contributed by atoms with Crippen molar-refractivity contribution in [2.75, 3.05) is 19.6 Å². The molecule has 3 aromatic rings. The van der Waals surface area contributed by atoms with Gasteiger partial charge in [0.2, 0.25) is 0 Å². The zero-order valence-electron chi connectivity index (χ0n) is 15.3. The minimum absolute atomic E-state index is 0.0626. The summed E-state index contributed by atoms with van der Waals surface area (Å²) >= 11 is 0. The van der Waals surface area contributed by atoms with Gasteiger partial charge < -0.3 is 4.90 Å². The number of hydrogen-bond donors (Lipinski definition) is 0. The number of amides is 1. The highest BCUT2D eigenvalue weighted by Crippen LogP contribution is 2.19. The van der Waals surface area contributed by atoms with Crippen LogP contribution in [0.1, 0.15) is 23.0 Å². The monoisotopic (exact) mass is 363 g/mol. The van der Waals surface area contributed by atoms with Gasteiger partial charge in [0.1, 0.15) is 11.5 Å². The molecule has 4 nitrogen and oxygen atoms in total. The highest BCUT2D eigenvalue weighted by Gasteiger charge is 2.27. The van der Waals surface area contributed by atoms with Crippen molar-refractivity contribution in [3.05, 3.63) is 77.9 Å². The fraction of sp³-hybridized carbons (Fsp3) is 0.273. The third-order valence-corrected chi connectivity index (χ3v) is 5.18. The highest BCUT2D eigenvalue weighted by atomic mass is 19.1. The molecule has 1 saturated heterocycles. The second-order valence-electron chi connectivity index (χ2n) is 7.12. The van der Waals surface area contributed by atoms with Gasteiger partial charge >= 0.3 is 0 Å². The predicted octanol–water partition coefficient (Wildman–Crippen LogP) is 3.72. The Bertz CT molecular complexity index is 960. The van der Waals surface area contributed by atoms with Crippen molar-refractivity contribution in [1.82, 2.24) is 14.8 Å². The SMILES string of the molecule is C[C@@H]1CN(C(=O)c2cc3ccc(F)cc3cn2)CCN1Cc1ccccc1. The number of carbonyl (C=O) groups excluding carboxylic acids is 1. The van der Waals surface area contributed by atoms with Gasteiger partial charge in [0, 0.05) is 43.8 Å². The average molecular weight is 363 g/mol. The first-order valence-electron chi connectivity index (χ1n) is 9.23. The first-order chi connectivity index (χ1) is 13.1. The molecule has 0 aliphatic carbocycles. The van der Waals surface area contributed by atoms with Gasteiger partial charge in [-0.2, -0.15) is 0 Å². The Morgan fingerprint density at radius 1 is 1.11 bits per heavy atom. The zero-order valence-corrected chi connectivity index (χ0v) is 15.3. The molecule has 5 heteroatoms. The third-order valence-electron chi connectivity index (χ3n) is 5.18. The van der Waals surface area contributed by atoms with E-state index in [1.807, 2.05) is 11.0 Å². The number of nitrogens with zero attached hydrogens (tertiary/aromatic N) is 3. The third kappa shape index (κ3) is 3.83. The Hall–Kier alpha value is -2.79. The predicted molar refractivity (Wildman–Crippen MR) is 104 cm³/mol. The van der Waals surface area contributed by atoms with Crippen molar-refractivity contribution < 1.29 is 9.18 Å². The molecule has 138 valence electrons. The molecule has 4 rings (SSSR count). The van der Waals surface area contributed by atoms with Crippen LogP contribution in [0.5, 0.6) is 0 Å². The molecule has 2 heterocycles. The second kappa shape index (κ2) is 7.45. The molecule has 1 amide bonds. The first kappa shape index (κ1) is 17.6. The van der Waals surface area contributed by atoms with Crippen LogP contribution in [0.25, 0.3) is 10.8 Å². The van der Waals surface area contributed by atoms with Gasteiger partial charge in [0.25, 0.3) is 5.91 Å². The number of fused-ring (bicyclic) bond motifs is 1. The maximum Gasteiger partial charge on any atom is 0.272 e. The molecule has 0 spiro atoms. The van der Waals surface area contributed by atoms with Crippen LogP contribution in [0.2, 0.25) is 0 Å². The van der Waals surface area contributed by atoms with Gasteiger partial charge in [-0.3, -0.25) is 14.7 Å². The van der Waals surface area contributed by atoms with Crippen molar-refractivity contribution in [3.8, 4) is 0 Å². The number of benzene rings is 2. The topological polar surface area (TPSA) is 36.4 Å². The summed E-state index contributed by atoms with van der Waals surface area (Å²) in [6.07, 6.45) is 1.57. The fourth-order valence-corrected chi connectivity index (χ4v) is 3.62. The molecule has 1 fully saturated rings. The van der Waals surface area contributed by atoms with E-state index in [2.05, 4.69) is 41.1 Å². The minimum atomic E-state index is -0.299. The Balaban J connectivity index is 1.45. The normalized spacial score (nSPS) is 18.0. The molecule has 1 aliphatic heterocycles. The molecule has 0 N–H and O–H groups in total. The maximum absolute atomic E-state index is 13.3. The summed E-state index contributed by atoms with van der Waals surface area (Å²) < 4.78 is 13.3. The van der Waals surface area contributed by atoms with Crippen LogP contribution in [0.3, 0.4) is 0 Å². The van der Waals surface area contributed by atoms with Crippen molar-refractivity contribution >= 4 is 16.7 Å². The minimum Gasteiger partial charge on any atom is -0.334 e. The van der Waals surface area contributed by atoms with E-state index in [-0.39, 0.29) is 17.8 Å². The Labute approximate surface area is 158 Å². The summed E-state index contributed by atoms with van der Waals surface area (Å²) in [7, 11) is 0. The van der Waals surface area contributed by atoms with Crippen molar-refractivity contribution in [3.63, 3.8) is 0 Å². The number of aromatic nitrogens is 1. The van der Waals surface area contributed by atoms with Crippen LogP contribution in [0.4, 0.5) is 4.39 Å². The van der Waals surface area contributed by atoms with Crippen LogP contribution < -0.4 is 0 Å². The smallest absolute Gasteiger partial charge is 0.272 e. The van der Waals surface area contributed by atoms with E-state index < -0.39 is 0 Å². The van der Waals surface area contributed by atoms with Crippen LogP contribution in [0.15, 0.2) is 60.8 Å². The van der Waals surface area contributed by atoms with Gasteiger partial charge in [0.15, 0.2) is 0 Å². The van der Waals surface area contributed by atoms with Crippen LogP contribution in [-0.2, 0) is 6.54 Å². The van der Waals surface area contributed by atoms with E-state index in [0.29, 0.717) is 24.2 Å². The van der Waals surface area contributed by atoms with Gasteiger partial charge in [-0.25, -0.2) is 4.39 Å². The number of rotatable bonds is 3. The molecule has 0 saturated carbocycles. The standard InChI is InChI=1S/C22H22FN3O/c1-16-14-26(10-9-25(16)15-17-5-3-2-4-6-17)22(27)21-12-18-7-8-20(23)11-19(18)13-24-21/h2-8,11-13,16H,9-10,14-15H2,1H3/t16-/m1/s1. The molecule has 1 aromatic heterocycles. The van der Waals surface area contributed by atoms with Crippen LogP contribution >= 0.6 is 0 Å². The van der Waals surface area contributed by atoms with E-state index in [1.165, 1.54) is 17.7 Å². The number of piperazine rings is 1. The van der Waals surface area contributed by atoms with Gasteiger partial charge in [0.05, 0.1) is 0 Å². The Morgan fingerprint density at radius 2 is 1.93 bits per heavy atom. The number of halogens is 1. The lowest BCUT2D eigenvalue weighted by molar-refractivity contribution is 0.0490. The molecule has 1 atom stereocenters. The van der Waals surface area contributed by atoms with Crippen molar-refractivity contribution in [2.24, 2.45) is 0 Å². The van der Waals surface area contributed by atoms with E-state index in [9.17, 15) is 9.18 Å². The summed E-state index contributed by atoms with van der Waals surface area (Å²) in [5, 5.41) is 1.53. The summed E-state index contributed by atoms with van der Waals surface area (Å²) in [5.74, 6) is -0.362. The van der Waals surface area contributed by atoms with E-state index in [4.69, 9.17) is 0 Å². The lowest BCUT2D eigenvalue weighted by Crippen LogP contribution is -2.53. The van der Waals surface area contributed by atoms with Crippen molar-refractivity contribution in [2.45, 2.75) is 19.5 Å². The molecule has 0 unspecified atom stereocenters. The lowest BCUT2D eigenvalue weighted by atomic mass is 10.1. The Morgan fingerprint density at radius 3 is 2.70 bits per heavy atom. The summed E-state index contributed by atoms with van der Waals surface area (Å²) in [4.78, 5) is 21.4. The summed E-state index contributed by atoms with van der Waals surface area (Å²) in [5.41, 5.74) is 1.70. The van der Waals surface area contributed by atoms with E-state index in [1.54, 1.807) is 18.3 Å². The molecule has 27 heavy (non-hydrogen) atoms. The number of pyridine rings is 1. The molecule has 2 aromatic carbocycles. The molecular weight excluding hydrogens is 341 g/mol. The second-order valence-corrected chi connectivity index (χ2v) is 7.12. The Kier molecular flexibility index (Phi) is 4.86. The number of carbonyl (C=O) groups is 1. The zero-order chi connectivity index (χ0) is 18.8. The van der Waals surface area contributed by atoms with Gasteiger partial charge in [-0.05, 0) is 36.1 Å². The lowest BCUT2D eigenvalue weighted by Gasteiger charge is -2.39. The van der Waals surface area contributed by atoms with E-state index in [0.717, 1.165) is 18.5 Å². The van der Waals surface area contributed by atoms with Gasteiger partial charge in [-0.15, -0.1) is 0 Å². The summed E-state index contributed by atoms with van der Waals surface area (Å²) in [6, 6.07) is 16.9. The fourth-order valence-electron chi connectivity index (χ4n) is 3.62. The maximum atomic E-state index is 13.3. The molecule has 0 bridgehead atoms. The van der Waals surface area contributed by atoms with Crippen LogP contribution in [0, 0.1) is 5.82 Å². The largest absolute Gasteiger partial charge is 0.334 e. The van der Waals surface area contributed by atoms with Crippen LogP contribution in [-0.4, -0.2) is 46.4 Å². The molecular formula is C22H22FN3O.